The van der Waals surface area contributed by atoms with Crippen molar-refractivity contribution in [3.63, 3.8) is 0 Å². The van der Waals surface area contributed by atoms with Crippen LogP contribution in [-0.2, 0) is 13.1 Å². The van der Waals surface area contributed by atoms with Gasteiger partial charge >= 0.3 is 0 Å². The zero-order valence-corrected chi connectivity index (χ0v) is 17.2. The Bertz CT molecular complexity index is 891. The van der Waals surface area contributed by atoms with Crippen LogP contribution in [0.5, 0.6) is 11.5 Å². The number of hydrogen-bond acceptors (Lipinski definition) is 5. The summed E-state index contributed by atoms with van der Waals surface area (Å²) in [4.78, 5) is 4.99. The Hall–Kier alpha value is -1.95. The number of hydrogen-bond donors (Lipinski definition) is 0. The molecule has 0 unspecified atom stereocenters. The molecular weight excluding hydrogens is 374 g/mol. The van der Waals surface area contributed by atoms with Gasteiger partial charge in [-0.15, -0.1) is 23.1 Å². The first-order chi connectivity index (χ1) is 13.3. The minimum absolute atomic E-state index is 0.671. The Morgan fingerprint density at radius 1 is 1.19 bits per heavy atom. The lowest BCUT2D eigenvalue weighted by Crippen LogP contribution is -2.25. The Kier molecular flexibility index (Phi) is 5.72. The molecule has 0 aliphatic carbocycles. The molecule has 3 aromatic rings. The minimum Gasteiger partial charge on any atom is -0.493 e. The average Bonchev–Trinajstić information content (AvgIpc) is 3.16. The maximum atomic E-state index is 6.08. The number of ether oxygens (including phenoxy) is 2. The zero-order valence-electron chi connectivity index (χ0n) is 15.6. The fraction of sp³-hybridized carbons (Fsp3) is 0.273. The molecule has 0 spiro atoms. The Morgan fingerprint density at radius 3 is 2.74 bits per heavy atom. The summed E-state index contributed by atoms with van der Waals surface area (Å²) in [6.45, 7) is 3.35. The highest BCUT2D eigenvalue weighted by atomic mass is 32.2. The summed E-state index contributed by atoms with van der Waals surface area (Å²) in [6, 6.07) is 17.4. The smallest absolute Gasteiger partial charge is 0.165 e. The van der Waals surface area contributed by atoms with Gasteiger partial charge < -0.3 is 9.47 Å². The summed E-state index contributed by atoms with van der Waals surface area (Å²) in [6.07, 6.45) is 2.11. The van der Waals surface area contributed by atoms with Gasteiger partial charge in [-0.1, -0.05) is 18.2 Å². The van der Waals surface area contributed by atoms with E-state index in [2.05, 4.69) is 65.1 Å². The number of rotatable bonds is 5. The molecule has 1 aliphatic heterocycles. The number of fused-ring (bicyclic) bond motifs is 1. The van der Waals surface area contributed by atoms with Gasteiger partial charge in [0.25, 0.3) is 0 Å². The molecule has 1 aromatic heterocycles. The van der Waals surface area contributed by atoms with Gasteiger partial charge in [-0.05, 0) is 53.1 Å². The quantitative estimate of drug-likeness (QED) is 0.527. The second kappa shape index (κ2) is 8.38. The highest BCUT2D eigenvalue weighted by Crippen LogP contribution is 2.39. The van der Waals surface area contributed by atoms with E-state index in [9.17, 15) is 0 Å². The minimum atomic E-state index is 0.671. The lowest BCUT2D eigenvalue weighted by atomic mass is 10.1. The third-order valence-electron chi connectivity index (χ3n) is 4.77. The first kappa shape index (κ1) is 18.4. The Balaban J connectivity index is 1.61. The first-order valence-corrected chi connectivity index (χ1v) is 11.1. The standard InChI is InChI=1S/C22H23NO2S2/c1-24-20-13-17(21-4-3-11-27-21)12-18-15-23(9-10-25-22(18)20)14-16-5-7-19(26-2)8-6-16/h3-8,11-13H,9-10,14-15H2,1-2H3. The van der Waals surface area contributed by atoms with Crippen LogP contribution in [0.1, 0.15) is 11.1 Å². The van der Waals surface area contributed by atoms with Crippen LogP contribution >= 0.6 is 23.1 Å². The topological polar surface area (TPSA) is 21.7 Å². The largest absolute Gasteiger partial charge is 0.493 e. The van der Waals surface area contributed by atoms with Crippen LogP contribution in [0, 0.1) is 0 Å². The van der Waals surface area contributed by atoms with E-state index in [0.29, 0.717) is 6.61 Å². The van der Waals surface area contributed by atoms with Gasteiger partial charge in [0, 0.05) is 35.0 Å². The van der Waals surface area contributed by atoms with E-state index < -0.39 is 0 Å². The van der Waals surface area contributed by atoms with E-state index >= 15 is 0 Å². The molecule has 0 bridgehead atoms. The molecule has 2 aromatic carbocycles. The van der Waals surface area contributed by atoms with Gasteiger partial charge in [0.1, 0.15) is 6.61 Å². The van der Waals surface area contributed by atoms with E-state index in [1.165, 1.54) is 26.5 Å². The van der Waals surface area contributed by atoms with E-state index in [1.54, 1.807) is 30.2 Å². The van der Waals surface area contributed by atoms with Crippen LogP contribution in [0.15, 0.2) is 58.8 Å². The van der Waals surface area contributed by atoms with Crippen molar-refractivity contribution in [2.24, 2.45) is 0 Å². The molecule has 0 radical (unpaired) electrons. The molecule has 4 rings (SSSR count). The fourth-order valence-electron chi connectivity index (χ4n) is 3.40. The van der Waals surface area contributed by atoms with Crippen LogP contribution in [-0.4, -0.2) is 31.4 Å². The molecule has 0 atom stereocenters. The van der Waals surface area contributed by atoms with Crippen molar-refractivity contribution in [1.29, 1.82) is 0 Å². The number of nitrogens with zero attached hydrogens (tertiary/aromatic N) is 1. The number of thioether (sulfide) groups is 1. The van der Waals surface area contributed by atoms with E-state index in [0.717, 1.165) is 31.1 Å². The molecule has 0 saturated carbocycles. The molecule has 27 heavy (non-hydrogen) atoms. The van der Waals surface area contributed by atoms with Crippen molar-refractivity contribution >= 4 is 23.1 Å². The van der Waals surface area contributed by atoms with Gasteiger partial charge in [0.2, 0.25) is 0 Å². The molecular formula is C22H23NO2S2. The van der Waals surface area contributed by atoms with Crippen LogP contribution in [0.3, 0.4) is 0 Å². The highest BCUT2D eigenvalue weighted by Gasteiger charge is 2.21. The average molecular weight is 398 g/mol. The number of methoxy groups -OCH3 is 1. The van der Waals surface area contributed by atoms with Crippen LogP contribution < -0.4 is 9.47 Å². The molecule has 3 nitrogen and oxygen atoms in total. The summed E-state index contributed by atoms with van der Waals surface area (Å²) in [5.41, 5.74) is 3.71. The number of thiophene rings is 1. The molecule has 5 heteroatoms. The predicted octanol–water partition coefficient (Wildman–Crippen LogP) is 5.54. The molecule has 0 amide bonds. The molecule has 140 valence electrons. The lowest BCUT2D eigenvalue weighted by Gasteiger charge is -2.20. The monoisotopic (exact) mass is 397 g/mol. The third kappa shape index (κ3) is 4.15. The van der Waals surface area contributed by atoms with Crippen molar-refractivity contribution in [2.45, 2.75) is 18.0 Å². The van der Waals surface area contributed by atoms with Gasteiger partial charge in [-0.25, -0.2) is 0 Å². The normalized spacial score (nSPS) is 14.3. The zero-order chi connectivity index (χ0) is 18.6. The fourth-order valence-corrected chi connectivity index (χ4v) is 4.52. The second-order valence-corrected chi connectivity index (χ2v) is 8.38. The third-order valence-corrected chi connectivity index (χ3v) is 6.43. The van der Waals surface area contributed by atoms with Gasteiger partial charge in [0.15, 0.2) is 11.5 Å². The molecule has 0 fully saturated rings. The van der Waals surface area contributed by atoms with Crippen molar-refractivity contribution < 1.29 is 9.47 Å². The Labute approximate surface area is 168 Å². The van der Waals surface area contributed by atoms with Crippen molar-refractivity contribution in [3.05, 3.63) is 65.0 Å². The van der Waals surface area contributed by atoms with Crippen LogP contribution in [0.25, 0.3) is 10.4 Å². The van der Waals surface area contributed by atoms with Crippen molar-refractivity contribution in [3.8, 4) is 21.9 Å². The SMILES string of the molecule is COc1cc(-c2cccs2)cc2c1OCCN(Cc1ccc(SC)cc1)C2. The summed E-state index contributed by atoms with van der Waals surface area (Å²) < 4.78 is 11.7. The maximum Gasteiger partial charge on any atom is 0.165 e. The van der Waals surface area contributed by atoms with E-state index in [1.807, 2.05) is 0 Å². The maximum absolute atomic E-state index is 6.08. The molecule has 2 heterocycles. The van der Waals surface area contributed by atoms with Crippen molar-refractivity contribution in [2.75, 3.05) is 26.5 Å². The summed E-state index contributed by atoms with van der Waals surface area (Å²) >= 11 is 3.52. The van der Waals surface area contributed by atoms with Gasteiger partial charge in [0.05, 0.1) is 7.11 Å². The van der Waals surface area contributed by atoms with E-state index in [4.69, 9.17) is 9.47 Å². The molecule has 0 N–H and O–H groups in total. The number of benzene rings is 2. The molecule has 0 saturated heterocycles. The van der Waals surface area contributed by atoms with Crippen LogP contribution in [0.4, 0.5) is 0 Å². The Morgan fingerprint density at radius 2 is 2.04 bits per heavy atom. The lowest BCUT2D eigenvalue weighted by molar-refractivity contribution is 0.217. The van der Waals surface area contributed by atoms with Crippen molar-refractivity contribution in [1.82, 2.24) is 4.90 Å². The molecule has 1 aliphatic rings. The predicted molar refractivity (Wildman–Crippen MR) is 114 cm³/mol. The van der Waals surface area contributed by atoms with Crippen LogP contribution in [0.2, 0.25) is 0 Å². The summed E-state index contributed by atoms with van der Waals surface area (Å²) in [7, 11) is 1.72. The van der Waals surface area contributed by atoms with Gasteiger partial charge in [-0.2, -0.15) is 0 Å². The highest BCUT2D eigenvalue weighted by molar-refractivity contribution is 7.98. The second-order valence-electron chi connectivity index (χ2n) is 6.55. The first-order valence-electron chi connectivity index (χ1n) is 8.99. The summed E-state index contributed by atoms with van der Waals surface area (Å²) in [5, 5.41) is 2.11. The van der Waals surface area contributed by atoms with Gasteiger partial charge in [-0.3, -0.25) is 4.90 Å². The van der Waals surface area contributed by atoms with E-state index in [-0.39, 0.29) is 0 Å². The summed E-state index contributed by atoms with van der Waals surface area (Å²) in [5.74, 6) is 1.71.